The average Bonchev–Trinajstić information content (AvgIpc) is 2.56. The first kappa shape index (κ1) is 18.0. The van der Waals surface area contributed by atoms with Gasteiger partial charge in [0.25, 0.3) is 0 Å². The Labute approximate surface area is 143 Å². The summed E-state index contributed by atoms with van der Waals surface area (Å²) in [6.45, 7) is 9.75. The predicted molar refractivity (Wildman–Crippen MR) is 92.9 cm³/mol. The van der Waals surface area contributed by atoms with Gasteiger partial charge in [-0.15, -0.1) is 0 Å². The van der Waals surface area contributed by atoms with Crippen molar-refractivity contribution in [3.05, 3.63) is 34.9 Å². The van der Waals surface area contributed by atoms with E-state index >= 15 is 0 Å². The molecule has 0 aliphatic carbocycles. The zero-order valence-corrected chi connectivity index (χ0v) is 14.7. The van der Waals surface area contributed by atoms with Crippen molar-refractivity contribution in [3.63, 3.8) is 0 Å². The van der Waals surface area contributed by atoms with Crippen LogP contribution in [-0.2, 0) is 4.74 Å². The minimum atomic E-state index is -0.0317. The molecule has 1 aliphatic rings. The third kappa shape index (κ3) is 5.68. The van der Waals surface area contributed by atoms with Gasteiger partial charge in [-0.1, -0.05) is 23.7 Å². The van der Waals surface area contributed by atoms with Crippen LogP contribution in [-0.4, -0.2) is 61.8 Å². The summed E-state index contributed by atoms with van der Waals surface area (Å²) in [5.74, 6) is 0. The van der Waals surface area contributed by atoms with Gasteiger partial charge in [-0.3, -0.25) is 4.90 Å². The van der Waals surface area contributed by atoms with Crippen molar-refractivity contribution < 1.29 is 9.53 Å². The molecule has 1 aliphatic heterocycles. The SMILES string of the molecule is CCOCCN1CCN(C(=O)N[C@@H](C)c2ccc(Cl)cc2)CC1. The largest absolute Gasteiger partial charge is 0.380 e. The van der Waals surface area contributed by atoms with E-state index in [-0.39, 0.29) is 12.1 Å². The third-order valence-corrected chi connectivity index (χ3v) is 4.38. The van der Waals surface area contributed by atoms with Crippen LogP contribution in [0.25, 0.3) is 0 Å². The van der Waals surface area contributed by atoms with Gasteiger partial charge in [-0.2, -0.15) is 0 Å². The van der Waals surface area contributed by atoms with Gasteiger partial charge in [0, 0.05) is 44.4 Å². The van der Waals surface area contributed by atoms with Gasteiger partial charge in [-0.05, 0) is 31.5 Å². The number of carbonyl (C=O) groups excluding carboxylic acids is 1. The van der Waals surface area contributed by atoms with Gasteiger partial charge in [-0.25, -0.2) is 4.79 Å². The summed E-state index contributed by atoms with van der Waals surface area (Å²) in [5.41, 5.74) is 1.05. The number of nitrogens with one attached hydrogen (secondary N) is 1. The van der Waals surface area contributed by atoms with E-state index in [9.17, 15) is 4.79 Å². The Kier molecular flexibility index (Phi) is 7.15. The topological polar surface area (TPSA) is 44.8 Å². The molecule has 2 amide bonds. The number of piperazine rings is 1. The molecule has 0 unspecified atom stereocenters. The van der Waals surface area contributed by atoms with Crippen LogP contribution in [0.15, 0.2) is 24.3 Å². The summed E-state index contributed by atoms with van der Waals surface area (Å²) in [5, 5.41) is 3.76. The number of benzene rings is 1. The Morgan fingerprint density at radius 2 is 1.91 bits per heavy atom. The van der Waals surface area contributed by atoms with Gasteiger partial charge in [0.15, 0.2) is 0 Å². The Hall–Kier alpha value is -1.30. The van der Waals surface area contributed by atoms with Gasteiger partial charge < -0.3 is 15.0 Å². The van der Waals surface area contributed by atoms with Crippen LogP contribution in [0, 0.1) is 0 Å². The maximum Gasteiger partial charge on any atom is 0.317 e. The molecule has 0 aromatic heterocycles. The van der Waals surface area contributed by atoms with Crippen LogP contribution in [0.2, 0.25) is 5.02 Å². The van der Waals surface area contributed by atoms with Crippen molar-refractivity contribution in [1.29, 1.82) is 0 Å². The summed E-state index contributed by atoms with van der Waals surface area (Å²) in [6.07, 6.45) is 0. The van der Waals surface area contributed by atoms with Crippen molar-refractivity contribution in [2.45, 2.75) is 19.9 Å². The minimum absolute atomic E-state index is 0.00286. The molecule has 0 bridgehead atoms. The Morgan fingerprint density at radius 3 is 2.52 bits per heavy atom. The normalized spacial score (nSPS) is 17.1. The molecular formula is C17H26ClN3O2. The van der Waals surface area contributed by atoms with E-state index in [2.05, 4.69) is 10.2 Å². The first-order chi connectivity index (χ1) is 11.1. The molecule has 0 spiro atoms. The van der Waals surface area contributed by atoms with E-state index in [1.54, 1.807) is 0 Å². The molecule has 1 fully saturated rings. The highest BCUT2D eigenvalue weighted by molar-refractivity contribution is 6.30. The molecular weight excluding hydrogens is 314 g/mol. The molecule has 6 heteroatoms. The summed E-state index contributed by atoms with van der Waals surface area (Å²) >= 11 is 5.89. The number of nitrogens with zero attached hydrogens (tertiary/aromatic N) is 2. The van der Waals surface area contributed by atoms with Crippen LogP contribution < -0.4 is 5.32 Å². The molecule has 0 saturated carbocycles. The maximum absolute atomic E-state index is 12.4. The molecule has 2 rings (SSSR count). The van der Waals surface area contributed by atoms with E-state index in [4.69, 9.17) is 16.3 Å². The van der Waals surface area contributed by atoms with Crippen molar-refractivity contribution in [1.82, 2.24) is 15.1 Å². The molecule has 1 aromatic rings. The highest BCUT2D eigenvalue weighted by Gasteiger charge is 2.22. The van der Waals surface area contributed by atoms with Crippen molar-refractivity contribution in [2.24, 2.45) is 0 Å². The maximum atomic E-state index is 12.4. The highest BCUT2D eigenvalue weighted by Crippen LogP contribution is 2.16. The smallest absolute Gasteiger partial charge is 0.317 e. The zero-order valence-electron chi connectivity index (χ0n) is 13.9. The fraction of sp³-hybridized carbons (Fsp3) is 0.588. The molecule has 5 nitrogen and oxygen atoms in total. The lowest BCUT2D eigenvalue weighted by atomic mass is 10.1. The second-order valence-corrected chi connectivity index (χ2v) is 6.18. The quantitative estimate of drug-likeness (QED) is 0.810. The van der Waals surface area contributed by atoms with E-state index in [0.717, 1.165) is 51.5 Å². The van der Waals surface area contributed by atoms with E-state index in [0.29, 0.717) is 5.02 Å². The Balaban J connectivity index is 1.75. The highest BCUT2D eigenvalue weighted by atomic mass is 35.5. The molecule has 1 aromatic carbocycles. The van der Waals surface area contributed by atoms with Crippen molar-refractivity contribution in [2.75, 3.05) is 45.9 Å². The standard InChI is InChI=1S/C17H26ClN3O2/c1-3-23-13-12-20-8-10-21(11-9-20)17(22)19-14(2)15-4-6-16(18)7-5-15/h4-7,14H,3,8-13H2,1-2H3,(H,19,22)/t14-/m0/s1. The summed E-state index contributed by atoms with van der Waals surface area (Å²) in [4.78, 5) is 16.6. The van der Waals surface area contributed by atoms with Crippen LogP contribution in [0.3, 0.4) is 0 Å². The lowest BCUT2D eigenvalue weighted by Gasteiger charge is -2.35. The lowest BCUT2D eigenvalue weighted by molar-refractivity contribution is 0.0877. The van der Waals surface area contributed by atoms with Gasteiger partial charge in [0.1, 0.15) is 0 Å². The summed E-state index contributed by atoms with van der Waals surface area (Å²) in [6, 6.07) is 7.54. The molecule has 1 N–H and O–H groups in total. The molecule has 1 saturated heterocycles. The van der Waals surface area contributed by atoms with Crippen molar-refractivity contribution in [3.8, 4) is 0 Å². The number of amides is 2. The third-order valence-electron chi connectivity index (χ3n) is 4.13. The Bertz CT molecular complexity index is 487. The van der Waals surface area contributed by atoms with Crippen LogP contribution in [0.5, 0.6) is 0 Å². The van der Waals surface area contributed by atoms with E-state index in [1.165, 1.54) is 0 Å². The Morgan fingerprint density at radius 1 is 1.26 bits per heavy atom. The minimum Gasteiger partial charge on any atom is -0.380 e. The number of urea groups is 1. The van der Waals surface area contributed by atoms with Gasteiger partial charge in [0.2, 0.25) is 0 Å². The number of rotatable bonds is 6. The molecule has 0 radical (unpaired) electrons. The van der Waals surface area contributed by atoms with E-state index in [1.807, 2.05) is 43.0 Å². The molecule has 128 valence electrons. The first-order valence-electron chi connectivity index (χ1n) is 8.21. The zero-order chi connectivity index (χ0) is 16.7. The number of halogens is 1. The number of hydrogen-bond acceptors (Lipinski definition) is 3. The number of carbonyl (C=O) groups is 1. The predicted octanol–water partition coefficient (Wildman–Crippen LogP) is 2.76. The molecule has 1 atom stereocenters. The van der Waals surface area contributed by atoms with Crippen LogP contribution >= 0.6 is 11.6 Å². The van der Waals surface area contributed by atoms with Crippen molar-refractivity contribution >= 4 is 17.6 Å². The van der Waals surface area contributed by atoms with Crippen LogP contribution in [0.4, 0.5) is 4.79 Å². The van der Waals surface area contributed by atoms with Gasteiger partial charge in [0.05, 0.1) is 12.6 Å². The monoisotopic (exact) mass is 339 g/mol. The molecule has 1 heterocycles. The summed E-state index contributed by atoms with van der Waals surface area (Å²) in [7, 11) is 0. The van der Waals surface area contributed by atoms with Gasteiger partial charge >= 0.3 is 6.03 Å². The second kappa shape index (κ2) is 9.11. The number of ether oxygens (including phenoxy) is 1. The summed E-state index contributed by atoms with van der Waals surface area (Å²) < 4.78 is 5.38. The average molecular weight is 340 g/mol. The molecule has 23 heavy (non-hydrogen) atoms. The van der Waals surface area contributed by atoms with E-state index < -0.39 is 0 Å². The van der Waals surface area contributed by atoms with Crippen LogP contribution in [0.1, 0.15) is 25.5 Å². The number of hydrogen-bond donors (Lipinski definition) is 1. The first-order valence-corrected chi connectivity index (χ1v) is 8.59. The lowest BCUT2D eigenvalue weighted by Crippen LogP contribution is -2.52. The fourth-order valence-electron chi connectivity index (χ4n) is 2.62. The fourth-order valence-corrected chi connectivity index (χ4v) is 2.75. The second-order valence-electron chi connectivity index (χ2n) is 5.75.